The van der Waals surface area contributed by atoms with Gasteiger partial charge in [-0.2, -0.15) is 0 Å². The van der Waals surface area contributed by atoms with E-state index < -0.39 is 5.41 Å². The normalized spacial score (nSPS) is 14.1. The monoisotopic (exact) mass is 869 g/mol. The molecule has 13 rings (SSSR count). The SMILES string of the molecule is c1ccc(-c2ccc(-c3cc(-c4ccc5c(c4)Oc4ccccc4C54c5ccccc5-c5ccc(-c6nc(-c7ccccc7)nc(-c7ccccc7)n6)cc54)nc(-c4ccccc4)n3)cc2)cc1. The fraction of sp³-hybridized carbons (Fsp3) is 0.0161. The Balaban J connectivity index is 0.987. The van der Waals surface area contributed by atoms with Crippen molar-refractivity contribution in [1.29, 1.82) is 0 Å². The Bertz CT molecular complexity index is 3640. The van der Waals surface area contributed by atoms with Crippen molar-refractivity contribution in [3.63, 3.8) is 0 Å². The van der Waals surface area contributed by atoms with Gasteiger partial charge in [0.05, 0.1) is 16.8 Å². The molecule has 6 heteroatoms. The summed E-state index contributed by atoms with van der Waals surface area (Å²) < 4.78 is 7.01. The first-order valence-corrected chi connectivity index (χ1v) is 22.8. The number of aromatic nitrogens is 5. The average Bonchev–Trinajstić information content (AvgIpc) is 3.71. The topological polar surface area (TPSA) is 73.7 Å². The van der Waals surface area contributed by atoms with Crippen LogP contribution in [-0.2, 0) is 5.41 Å². The van der Waals surface area contributed by atoms with Crippen molar-refractivity contribution in [3.05, 3.63) is 259 Å². The van der Waals surface area contributed by atoms with Gasteiger partial charge in [0.25, 0.3) is 0 Å². The lowest BCUT2D eigenvalue weighted by atomic mass is 9.66. The molecular formula is C62H39N5O. The Morgan fingerprint density at radius 3 is 1.31 bits per heavy atom. The highest BCUT2D eigenvalue weighted by molar-refractivity contribution is 5.90. The van der Waals surface area contributed by atoms with E-state index in [0.29, 0.717) is 23.3 Å². The lowest BCUT2D eigenvalue weighted by Gasteiger charge is -2.39. The van der Waals surface area contributed by atoms with Gasteiger partial charge in [-0.05, 0) is 57.6 Å². The van der Waals surface area contributed by atoms with E-state index in [-0.39, 0.29) is 0 Å². The van der Waals surface area contributed by atoms with Crippen molar-refractivity contribution in [2.75, 3.05) is 0 Å². The van der Waals surface area contributed by atoms with Gasteiger partial charge in [0.15, 0.2) is 23.3 Å². The summed E-state index contributed by atoms with van der Waals surface area (Å²) in [5, 5.41) is 0. The third-order valence-electron chi connectivity index (χ3n) is 13.2. The molecule has 0 saturated carbocycles. The smallest absolute Gasteiger partial charge is 0.164 e. The second-order valence-corrected chi connectivity index (χ2v) is 17.2. The number of benzene rings is 9. The summed E-state index contributed by atoms with van der Waals surface area (Å²) in [5.41, 5.74) is 15.6. The predicted molar refractivity (Wildman–Crippen MR) is 271 cm³/mol. The molecule has 11 aromatic rings. The van der Waals surface area contributed by atoms with Crippen LogP contribution >= 0.6 is 0 Å². The van der Waals surface area contributed by atoms with Gasteiger partial charge in [-0.15, -0.1) is 0 Å². The Kier molecular flexibility index (Phi) is 9.29. The van der Waals surface area contributed by atoms with Crippen molar-refractivity contribution < 1.29 is 4.74 Å². The lowest BCUT2D eigenvalue weighted by Crippen LogP contribution is -2.32. The standard InChI is InChI=1S/C62H39N5O/c1-5-17-40(18-6-1)41-29-31-42(32-30-41)54-39-55(64-58(63-54)43-19-7-2-8-20-43)46-34-36-52-57(38-46)68-56-28-16-15-27-51(56)62(52)50-26-14-13-25-48(50)49-35-33-47(37-53(49)62)61-66-59(44-21-9-3-10-22-44)65-60(67-61)45-23-11-4-12-24-45/h1-39H. The molecule has 2 aliphatic rings. The highest BCUT2D eigenvalue weighted by Crippen LogP contribution is 2.62. The van der Waals surface area contributed by atoms with Crippen molar-refractivity contribution in [2.24, 2.45) is 0 Å². The third kappa shape index (κ3) is 6.53. The first-order valence-electron chi connectivity index (χ1n) is 22.8. The van der Waals surface area contributed by atoms with Crippen molar-refractivity contribution >= 4 is 0 Å². The maximum absolute atomic E-state index is 7.01. The lowest BCUT2D eigenvalue weighted by molar-refractivity contribution is 0.436. The van der Waals surface area contributed by atoms with Gasteiger partial charge in [-0.3, -0.25) is 0 Å². The minimum atomic E-state index is -0.727. The zero-order valence-electron chi connectivity index (χ0n) is 36.7. The van der Waals surface area contributed by atoms with Gasteiger partial charge in [-0.1, -0.05) is 212 Å². The fourth-order valence-electron chi connectivity index (χ4n) is 10.1. The molecule has 0 radical (unpaired) electrons. The first kappa shape index (κ1) is 39.3. The molecule has 1 spiro atoms. The summed E-state index contributed by atoms with van der Waals surface area (Å²) in [4.78, 5) is 25.7. The van der Waals surface area contributed by atoms with E-state index in [1.807, 2.05) is 91.0 Å². The molecular weight excluding hydrogens is 831 g/mol. The molecule has 3 heterocycles. The van der Waals surface area contributed by atoms with E-state index in [1.165, 1.54) is 16.7 Å². The maximum atomic E-state index is 7.01. The molecule has 1 aliphatic heterocycles. The Labute approximate surface area is 394 Å². The Morgan fingerprint density at radius 1 is 0.250 bits per heavy atom. The predicted octanol–water partition coefficient (Wildman–Crippen LogP) is 14.8. The highest BCUT2D eigenvalue weighted by atomic mass is 16.5. The first-order chi connectivity index (χ1) is 33.7. The van der Waals surface area contributed by atoms with Crippen LogP contribution in [0.15, 0.2) is 237 Å². The van der Waals surface area contributed by atoms with Crippen LogP contribution in [0.3, 0.4) is 0 Å². The van der Waals surface area contributed by atoms with Crippen molar-refractivity contribution in [1.82, 2.24) is 24.9 Å². The van der Waals surface area contributed by atoms with Gasteiger partial charge in [0, 0.05) is 44.5 Å². The van der Waals surface area contributed by atoms with Crippen LogP contribution in [0, 0.1) is 0 Å². The zero-order chi connectivity index (χ0) is 45.0. The molecule has 1 aliphatic carbocycles. The summed E-state index contributed by atoms with van der Waals surface area (Å²) >= 11 is 0. The number of ether oxygens (including phenoxy) is 1. The van der Waals surface area contributed by atoms with Crippen LogP contribution in [0.1, 0.15) is 22.3 Å². The van der Waals surface area contributed by atoms with Crippen LogP contribution in [0.2, 0.25) is 0 Å². The van der Waals surface area contributed by atoms with Gasteiger partial charge >= 0.3 is 0 Å². The molecule has 318 valence electrons. The zero-order valence-corrected chi connectivity index (χ0v) is 36.7. The van der Waals surface area contributed by atoms with E-state index >= 15 is 0 Å². The summed E-state index contributed by atoms with van der Waals surface area (Å²) in [5.74, 6) is 4.06. The summed E-state index contributed by atoms with van der Waals surface area (Å²) in [6, 6.07) is 82.0. The molecule has 0 saturated heterocycles. The number of rotatable bonds is 7. The largest absolute Gasteiger partial charge is 0.457 e. The van der Waals surface area contributed by atoms with Crippen LogP contribution < -0.4 is 4.74 Å². The maximum Gasteiger partial charge on any atom is 0.164 e. The molecule has 0 N–H and O–H groups in total. The minimum absolute atomic E-state index is 0.603. The summed E-state index contributed by atoms with van der Waals surface area (Å²) in [7, 11) is 0. The average molecular weight is 870 g/mol. The molecule has 6 nitrogen and oxygen atoms in total. The quantitative estimate of drug-likeness (QED) is 0.159. The number of para-hydroxylation sites is 1. The molecule has 0 bridgehead atoms. The number of fused-ring (bicyclic) bond motifs is 9. The Hall–Kier alpha value is -9.13. The van der Waals surface area contributed by atoms with Crippen LogP contribution in [0.5, 0.6) is 11.5 Å². The van der Waals surface area contributed by atoms with Crippen molar-refractivity contribution in [2.45, 2.75) is 5.41 Å². The van der Waals surface area contributed by atoms with Crippen LogP contribution in [0.4, 0.5) is 0 Å². The second-order valence-electron chi connectivity index (χ2n) is 17.2. The van der Waals surface area contributed by atoms with E-state index in [2.05, 4.69) is 146 Å². The van der Waals surface area contributed by atoms with Crippen LogP contribution in [0.25, 0.3) is 90.3 Å². The molecule has 9 aromatic carbocycles. The molecule has 0 fully saturated rings. The van der Waals surface area contributed by atoms with Crippen LogP contribution in [-0.4, -0.2) is 24.9 Å². The molecule has 1 atom stereocenters. The third-order valence-corrected chi connectivity index (χ3v) is 13.2. The van der Waals surface area contributed by atoms with Gasteiger partial charge in [0.2, 0.25) is 0 Å². The highest BCUT2D eigenvalue weighted by Gasteiger charge is 2.51. The van der Waals surface area contributed by atoms with E-state index in [1.54, 1.807) is 0 Å². The molecule has 0 amide bonds. The second kappa shape index (κ2) is 16.1. The molecule has 1 unspecified atom stereocenters. The van der Waals surface area contributed by atoms with Gasteiger partial charge in [0.1, 0.15) is 11.5 Å². The van der Waals surface area contributed by atoms with Gasteiger partial charge < -0.3 is 4.74 Å². The molecule has 2 aromatic heterocycles. The molecule has 68 heavy (non-hydrogen) atoms. The van der Waals surface area contributed by atoms with Crippen molar-refractivity contribution in [3.8, 4) is 102 Å². The van der Waals surface area contributed by atoms with Gasteiger partial charge in [-0.25, -0.2) is 24.9 Å². The fourth-order valence-corrected chi connectivity index (χ4v) is 10.1. The number of hydrogen-bond donors (Lipinski definition) is 0. The van der Waals surface area contributed by atoms with E-state index in [4.69, 9.17) is 29.7 Å². The minimum Gasteiger partial charge on any atom is -0.457 e. The van der Waals surface area contributed by atoms with E-state index in [9.17, 15) is 0 Å². The number of nitrogens with zero attached hydrogens (tertiary/aromatic N) is 5. The Morgan fingerprint density at radius 2 is 0.676 bits per heavy atom. The summed E-state index contributed by atoms with van der Waals surface area (Å²) in [6.45, 7) is 0. The summed E-state index contributed by atoms with van der Waals surface area (Å²) in [6.07, 6.45) is 0. The van der Waals surface area contributed by atoms with E-state index in [0.717, 1.165) is 84.1 Å². The number of hydrogen-bond acceptors (Lipinski definition) is 6.